The number of benzene rings is 2. The summed E-state index contributed by atoms with van der Waals surface area (Å²) in [6.45, 7) is 1.99. The van der Waals surface area contributed by atoms with E-state index in [0.717, 1.165) is 27.7 Å². The fraction of sp³-hybridized carbons (Fsp3) is 0.227. The van der Waals surface area contributed by atoms with E-state index < -0.39 is 10.0 Å². The normalized spacial score (nSPS) is 12.7. The van der Waals surface area contributed by atoms with Gasteiger partial charge in [0.1, 0.15) is 5.83 Å². The van der Waals surface area contributed by atoms with Crippen LogP contribution in [0.15, 0.2) is 59.3 Å². The third-order valence-corrected chi connectivity index (χ3v) is 7.29. The van der Waals surface area contributed by atoms with Crippen LogP contribution in [0.1, 0.15) is 5.69 Å². The molecule has 0 radical (unpaired) electrons. The minimum Gasteiger partial charge on any atom is -0.337 e. The molecule has 0 bridgehead atoms. The van der Waals surface area contributed by atoms with Crippen LogP contribution in [0.25, 0.3) is 33.4 Å². The summed E-state index contributed by atoms with van der Waals surface area (Å²) in [5, 5.41) is 15.0. The zero-order valence-corrected chi connectivity index (χ0v) is 19.3. The molecular formula is C22H24FN7O2S. The van der Waals surface area contributed by atoms with Gasteiger partial charge in [-0.25, -0.2) is 17.1 Å². The van der Waals surface area contributed by atoms with Crippen LogP contribution < -0.4 is 5.73 Å². The smallest absolute Gasteiger partial charge is 0.242 e. The second-order valence-corrected chi connectivity index (χ2v) is 9.87. The minimum absolute atomic E-state index is 0.0107. The van der Waals surface area contributed by atoms with Gasteiger partial charge in [-0.15, -0.1) is 10.2 Å². The third kappa shape index (κ3) is 4.17. The van der Waals surface area contributed by atoms with Gasteiger partial charge in [-0.2, -0.15) is 5.21 Å². The van der Waals surface area contributed by atoms with Gasteiger partial charge in [-0.05, 0) is 54.1 Å². The zero-order valence-electron chi connectivity index (χ0n) is 18.4. The number of halogens is 1. The van der Waals surface area contributed by atoms with Crippen LogP contribution in [0.3, 0.4) is 0 Å². The Balaban J connectivity index is 1.98. The molecule has 11 heteroatoms. The first kappa shape index (κ1) is 22.8. The molecule has 4 aromatic rings. The molecule has 172 valence electrons. The molecule has 0 aliphatic rings. The molecule has 2 aromatic heterocycles. The van der Waals surface area contributed by atoms with Crippen molar-refractivity contribution in [1.29, 1.82) is 0 Å². The van der Waals surface area contributed by atoms with Crippen molar-refractivity contribution < 1.29 is 12.8 Å². The number of tetrazole rings is 1. The minimum atomic E-state index is -3.63. The van der Waals surface area contributed by atoms with Crippen LogP contribution >= 0.6 is 0 Å². The van der Waals surface area contributed by atoms with Crippen LogP contribution in [0.2, 0.25) is 0 Å². The Bertz CT molecular complexity index is 1440. The fourth-order valence-electron chi connectivity index (χ4n) is 3.84. The highest BCUT2D eigenvalue weighted by Crippen LogP contribution is 2.38. The standard InChI is InChI=1S/C22H24FN7O2S/c1-14-21(15-5-4-6-18(11-15)33(31,32)29(2)3)19-12-16(22-25-27-28-26-22)7-8-20(19)30(14)13-17(23)9-10-24/h4-9,11-12H,10,13,24H2,1-3H3,(H,25,26,27,28). The number of fused-ring (bicyclic) bond motifs is 1. The number of rotatable bonds is 7. The molecule has 0 unspecified atom stereocenters. The van der Waals surface area contributed by atoms with Crippen LogP contribution in [0, 0.1) is 6.92 Å². The Morgan fingerprint density at radius 3 is 2.67 bits per heavy atom. The van der Waals surface area contributed by atoms with Crippen molar-refractivity contribution in [3.05, 3.63) is 60.1 Å². The van der Waals surface area contributed by atoms with Gasteiger partial charge in [0, 0.05) is 48.4 Å². The molecule has 4 rings (SSSR count). The van der Waals surface area contributed by atoms with Crippen LogP contribution in [0.5, 0.6) is 0 Å². The van der Waals surface area contributed by atoms with Gasteiger partial charge in [0.2, 0.25) is 15.8 Å². The molecule has 0 saturated carbocycles. The van der Waals surface area contributed by atoms with Crippen molar-refractivity contribution >= 4 is 20.9 Å². The lowest BCUT2D eigenvalue weighted by Crippen LogP contribution is -2.22. The van der Waals surface area contributed by atoms with E-state index in [0.29, 0.717) is 11.4 Å². The molecule has 3 N–H and O–H groups in total. The van der Waals surface area contributed by atoms with Crippen LogP contribution in [-0.4, -0.2) is 58.6 Å². The van der Waals surface area contributed by atoms with Crippen molar-refractivity contribution in [1.82, 2.24) is 29.5 Å². The van der Waals surface area contributed by atoms with Gasteiger partial charge >= 0.3 is 0 Å². The largest absolute Gasteiger partial charge is 0.337 e. The van der Waals surface area contributed by atoms with Gasteiger partial charge < -0.3 is 10.3 Å². The highest BCUT2D eigenvalue weighted by atomic mass is 32.2. The molecule has 2 heterocycles. The molecule has 0 amide bonds. The first-order chi connectivity index (χ1) is 15.7. The molecule has 9 nitrogen and oxygen atoms in total. The van der Waals surface area contributed by atoms with E-state index in [1.165, 1.54) is 24.5 Å². The number of hydrogen-bond donors (Lipinski definition) is 2. The maximum Gasteiger partial charge on any atom is 0.242 e. The number of H-pyrrole nitrogens is 1. The molecule has 0 saturated heterocycles. The maximum atomic E-state index is 14.5. The molecule has 0 atom stereocenters. The first-order valence-electron chi connectivity index (χ1n) is 10.2. The Hall–Kier alpha value is -3.41. The third-order valence-electron chi connectivity index (χ3n) is 5.48. The van der Waals surface area contributed by atoms with Crippen molar-refractivity contribution in [2.24, 2.45) is 5.73 Å². The second kappa shape index (κ2) is 8.85. The quantitative estimate of drug-likeness (QED) is 0.429. The van der Waals surface area contributed by atoms with Crippen molar-refractivity contribution in [2.75, 3.05) is 20.6 Å². The number of allylic oxidation sites excluding steroid dienone is 1. The van der Waals surface area contributed by atoms with E-state index in [4.69, 9.17) is 5.73 Å². The SMILES string of the molecule is Cc1c(-c2cccc(S(=O)(=O)N(C)C)c2)c2cc(-c3nn[nH]n3)ccc2n1CC(F)=CCN. The predicted octanol–water partition coefficient (Wildman–Crippen LogP) is 2.86. The monoisotopic (exact) mass is 469 g/mol. The van der Waals surface area contributed by atoms with Gasteiger partial charge in [0.25, 0.3) is 0 Å². The van der Waals surface area contributed by atoms with Crippen LogP contribution in [-0.2, 0) is 16.6 Å². The second-order valence-electron chi connectivity index (χ2n) is 7.72. The van der Waals surface area contributed by atoms with Crippen LogP contribution in [0.4, 0.5) is 4.39 Å². The highest BCUT2D eigenvalue weighted by molar-refractivity contribution is 7.89. The summed E-state index contributed by atoms with van der Waals surface area (Å²) < 4.78 is 42.9. The number of nitrogens with zero attached hydrogens (tertiary/aromatic N) is 5. The summed E-state index contributed by atoms with van der Waals surface area (Å²) in [6.07, 6.45) is 1.34. The number of aromatic nitrogens is 5. The van der Waals surface area contributed by atoms with Crippen molar-refractivity contribution in [3.8, 4) is 22.5 Å². The van der Waals surface area contributed by atoms with Gasteiger partial charge in [-0.1, -0.05) is 12.1 Å². The van der Waals surface area contributed by atoms with Gasteiger partial charge in [-0.3, -0.25) is 0 Å². The molecule has 33 heavy (non-hydrogen) atoms. The Kier molecular flexibility index (Phi) is 6.11. The van der Waals surface area contributed by atoms with Crippen molar-refractivity contribution in [2.45, 2.75) is 18.4 Å². The van der Waals surface area contributed by atoms with E-state index in [-0.39, 0.29) is 23.8 Å². The Morgan fingerprint density at radius 1 is 1.21 bits per heavy atom. The topological polar surface area (TPSA) is 123 Å². The summed E-state index contributed by atoms with van der Waals surface area (Å²) in [4.78, 5) is 0.175. The number of aromatic amines is 1. The summed E-state index contributed by atoms with van der Waals surface area (Å²) in [5.41, 5.74) is 9.28. The first-order valence-corrected chi connectivity index (χ1v) is 11.6. The van der Waals surface area contributed by atoms with Crippen molar-refractivity contribution in [3.63, 3.8) is 0 Å². The van der Waals surface area contributed by atoms with E-state index in [1.54, 1.807) is 18.2 Å². The average Bonchev–Trinajstić information content (AvgIpc) is 3.41. The number of hydrogen-bond acceptors (Lipinski definition) is 6. The molecule has 0 aliphatic carbocycles. The molecule has 0 fully saturated rings. The summed E-state index contributed by atoms with van der Waals surface area (Å²) in [5.74, 6) is 0.0710. The molecule has 0 spiro atoms. The summed E-state index contributed by atoms with van der Waals surface area (Å²) in [6, 6.07) is 12.3. The average molecular weight is 470 g/mol. The lowest BCUT2D eigenvalue weighted by molar-refractivity contribution is 0.521. The maximum absolute atomic E-state index is 14.5. The van der Waals surface area contributed by atoms with Gasteiger partial charge in [0.15, 0.2) is 0 Å². The number of sulfonamides is 1. The molecule has 0 aliphatic heterocycles. The van der Waals surface area contributed by atoms with E-state index >= 15 is 0 Å². The fourth-order valence-corrected chi connectivity index (χ4v) is 4.79. The lowest BCUT2D eigenvalue weighted by Gasteiger charge is -2.13. The number of nitrogens with one attached hydrogen (secondary N) is 1. The van der Waals surface area contributed by atoms with E-state index in [2.05, 4.69) is 20.6 Å². The molecular weight excluding hydrogens is 445 g/mol. The Labute approximate surface area is 190 Å². The Morgan fingerprint density at radius 2 is 2.00 bits per heavy atom. The summed E-state index contributed by atoms with van der Waals surface area (Å²) >= 11 is 0. The number of nitrogens with two attached hydrogens (primary N) is 1. The lowest BCUT2D eigenvalue weighted by atomic mass is 10.0. The predicted molar refractivity (Wildman–Crippen MR) is 124 cm³/mol. The van der Waals surface area contributed by atoms with E-state index in [1.807, 2.05) is 35.8 Å². The zero-order chi connectivity index (χ0) is 23.8. The summed E-state index contributed by atoms with van der Waals surface area (Å²) in [7, 11) is -0.648. The molecule has 2 aromatic carbocycles. The van der Waals surface area contributed by atoms with E-state index in [9.17, 15) is 12.8 Å². The van der Waals surface area contributed by atoms with Gasteiger partial charge in [0.05, 0.1) is 11.4 Å². The highest BCUT2D eigenvalue weighted by Gasteiger charge is 2.21.